The summed E-state index contributed by atoms with van der Waals surface area (Å²) in [4.78, 5) is 10.1. The molecule has 8 heavy (non-hydrogen) atoms. The third kappa shape index (κ3) is 2.57. The van der Waals surface area contributed by atoms with Crippen LogP contribution in [0.4, 0.5) is 0 Å². The largest absolute Gasteiger partial charge is 0.287 e. The predicted octanol–water partition coefficient (Wildman–Crippen LogP) is 0.671. The lowest BCUT2D eigenvalue weighted by Crippen LogP contribution is -2.33. The summed E-state index contributed by atoms with van der Waals surface area (Å²) in [5.41, 5.74) is 1.42. The molecule has 6 heteroatoms. The van der Waals surface area contributed by atoms with E-state index in [0.29, 0.717) is 0 Å². The highest BCUT2D eigenvalue weighted by Gasteiger charge is 2.29. The molecule has 47 valence electrons. The summed E-state index contributed by atoms with van der Waals surface area (Å²) in [5.74, 6) is 5.26. The van der Waals surface area contributed by atoms with Gasteiger partial charge in [-0.3, -0.25) is 10.2 Å². The number of halogens is 3. The molecule has 0 spiro atoms. The van der Waals surface area contributed by atoms with E-state index < -0.39 is 9.70 Å². The van der Waals surface area contributed by atoms with Gasteiger partial charge in [-0.05, 0) is 0 Å². The maximum absolute atomic E-state index is 10.1. The Kier molecular flexibility index (Phi) is 2.83. The molecule has 2 N–H and O–H groups in total. The topological polar surface area (TPSA) is 52.9 Å². The quantitative estimate of drug-likeness (QED) is 0.428. The zero-order chi connectivity index (χ0) is 6.78. The summed E-state index contributed by atoms with van der Waals surface area (Å²) >= 11 is 14.9. The number of hydrogen-bond acceptors (Lipinski definition) is 1. The van der Waals surface area contributed by atoms with Gasteiger partial charge < -0.3 is 0 Å². The Morgan fingerprint density at radius 3 is 1.88 bits per heavy atom. The number of hydrogen-bond donors (Lipinski definition) is 1. The van der Waals surface area contributed by atoms with Crippen LogP contribution in [0.1, 0.15) is 0 Å². The molecule has 0 saturated carbocycles. The standard InChI is InChI=1S/C2H2Cl3N2O/c3-2(4,5)1(8)7-6/h6H,(H,7,8). The van der Waals surface area contributed by atoms with Crippen LogP contribution >= 0.6 is 34.8 Å². The van der Waals surface area contributed by atoms with Crippen molar-refractivity contribution >= 4 is 40.7 Å². The number of carbonyl (C=O) groups is 1. The van der Waals surface area contributed by atoms with Crippen molar-refractivity contribution in [2.24, 2.45) is 0 Å². The smallest absolute Gasteiger partial charge is 0.273 e. The van der Waals surface area contributed by atoms with Crippen LogP contribution < -0.4 is 11.3 Å². The van der Waals surface area contributed by atoms with Gasteiger partial charge in [-0.1, -0.05) is 34.8 Å². The van der Waals surface area contributed by atoms with E-state index >= 15 is 0 Å². The van der Waals surface area contributed by atoms with E-state index in [1.54, 1.807) is 0 Å². The van der Waals surface area contributed by atoms with Crippen LogP contribution in [0.5, 0.6) is 0 Å². The Morgan fingerprint density at radius 1 is 1.50 bits per heavy atom. The third-order valence-electron chi connectivity index (χ3n) is 0.371. The van der Waals surface area contributed by atoms with E-state index in [9.17, 15) is 4.79 Å². The highest BCUT2D eigenvalue weighted by Crippen LogP contribution is 2.25. The summed E-state index contributed by atoms with van der Waals surface area (Å²) in [6.45, 7) is 0. The van der Waals surface area contributed by atoms with Crippen LogP contribution in [0, 0.1) is 0 Å². The molecule has 0 aliphatic heterocycles. The lowest BCUT2D eigenvalue weighted by molar-refractivity contribution is -0.120. The van der Waals surface area contributed by atoms with Crippen LogP contribution in [0.3, 0.4) is 0 Å². The number of amides is 1. The number of rotatable bonds is 0. The monoisotopic (exact) mass is 175 g/mol. The van der Waals surface area contributed by atoms with Gasteiger partial charge in [0.2, 0.25) is 0 Å². The molecule has 0 aliphatic rings. The summed E-state index contributed by atoms with van der Waals surface area (Å²) in [6.07, 6.45) is 0. The Hall–Kier alpha value is 0.300. The van der Waals surface area contributed by atoms with Crippen molar-refractivity contribution in [3.8, 4) is 0 Å². The minimum atomic E-state index is -2.01. The Balaban J connectivity index is 3.82. The van der Waals surface area contributed by atoms with E-state index in [1.165, 1.54) is 5.43 Å². The number of carbonyl (C=O) groups excluding carboxylic acids is 1. The Bertz CT molecular complexity index is 97.9. The minimum absolute atomic E-state index is 0.956. The Labute approximate surface area is 61.0 Å². The molecule has 0 bridgehead atoms. The van der Waals surface area contributed by atoms with E-state index in [1.807, 2.05) is 0 Å². The van der Waals surface area contributed by atoms with Crippen LogP contribution in [0.15, 0.2) is 0 Å². The molecule has 0 atom stereocenters. The van der Waals surface area contributed by atoms with E-state index in [0.717, 1.165) is 0 Å². The van der Waals surface area contributed by atoms with Gasteiger partial charge in [0.05, 0.1) is 0 Å². The second-order valence-corrected chi connectivity index (χ2v) is 3.23. The fourth-order valence-electron chi connectivity index (χ4n) is 0.0709. The second-order valence-electron chi connectivity index (χ2n) is 0.952. The lowest BCUT2D eigenvalue weighted by Gasteiger charge is -2.05. The molecule has 0 rings (SSSR count). The van der Waals surface area contributed by atoms with Gasteiger partial charge in [0.25, 0.3) is 9.70 Å². The molecule has 0 unspecified atom stereocenters. The number of alkyl halides is 3. The van der Waals surface area contributed by atoms with Crippen molar-refractivity contribution in [1.29, 1.82) is 0 Å². The fourth-order valence-corrected chi connectivity index (χ4v) is 0.213. The van der Waals surface area contributed by atoms with Crippen LogP contribution in [-0.2, 0) is 4.79 Å². The first-order valence-electron chi connectivity index (χ1n) is 1.52. The van der Waals surface area contributed by atoms with Crippen LogP contribution in [0.2, 0.25) is 0 Å². The second kappa shape index (κ2) is 2.73. The molecule has 1 radical (unpaired) electrons. The van der Waals surface area contributed by atoms with E-state index in [-0.39, 0.29) is 0 Å². The normalized spacial score (nSPS) is 11.0. The third-order valence-corrected chi connectivity index (χ3v) is 0.886. The molecule has 3 nitrogen and oxygen atoms in total. The van der Waals surface area contributed by atoms with Crippen molar-refractivity contribution < 1.29 is 4.79 Å². The maximum atomic E-state index is 10.1. The first-order valence-corrected chi connectivity index (χ1v) is 2.65. The molecule has 0 aromatic rings. The van der Waals surface area contributed by atoms with Gasteiger partial charge in [0.1, 0.15) is 0 Å². The molecule has 0 aliphatic carbocycles. The van der Waals surface area contributed by atoms with E-state index in [4.69, 9.17) is 40.6 Å². The maximum Gasteiger partial charge on any atom is 0.287 e. The van der Waals surface area contributed by atoms with Crippen molar-refractivity contribution in [2.45, 2.75) is 3.79 Å². The molecular formula is C2H2Cl3N2O. The molecule has 0 saturated heterocycles. The van der Waals surface area contributed by atoms with Crippen molar-refractivity contribution in [2.75, 3.05) is 0 Å². The fraction of sp³-hybridized carbons (Fsp3) is 0.500. The van der Waals surface area contributed by atoms with Gasteiger partial charge in [0, 0.05) is 0 Å². The molecule has 0 heterocycles. The van der Waals surface area contributed by atoms with Crippen molar-refractivity contribution in [3.05, 3.63) is 0 Å². The van der Waals surface area contributed by atoms with Crippen molar-refractivity contribution in [1.82, 2.24) is 11.3 Å². The zero-order valence-corrected chi connectivity index (χ0v) is 5.81. The van der Waals surface area contributed by atoms with Crippen molar-refractivity contribution in [3.63, 3.8) is 0 Å². The first kappa shape index (κ1) is 8.30. The van der Waals surface area contributed by atoms with E-state index in [2.05, 4.69) is 0 Å². The summed E-state index contributed by atoms with van der Waals surface area (Å²) < 4.78 is -2.01. The SMILES string of the molecule is [NH]NC(=O)C(Cl)(Cl)Cl. The summed E-state index contributed by atoms with van der Waals surface area (Å²) in [7, 11) is 0. The molecule has 0 fully saturated rings. The molecule has 0 aromatic heterocycles. The van der Waals surface area contributed by atoms with Gasteiger partial charge in [0.15, 0.2) is 0 Å². The Morgan fingerprint density at radius 2 is 1.88 bits per heavy atom. The first-order chi connectivity index (χ1) is 3.48. The molecular weight excluding hydrogens is 174 g/mol. The summed E-state index contributed by atoms with van der Waals surface area (Å²) in [5, 5.41) is 0. The van der Waals surface area contributed by atoms with Crippen LogP contribution in [0.25, 0.3) is 0 Å². The zero-order valence-electron chi connectivity index (χ0n) is 3.54. The van der Waals surface area contributed by atoms with Crippen LogP contribution in [-0.4, -0.2) is 9.70 Å². The predicted molar refractivity (Wildman–Crippen MR) is 31.5 cm³/mol. The molecule has 1 amide bonds. The minimum Gasteiger partial charge on any atom is -0.273 e. The lowest BCUT2D eigenvalue weighted by atomic mass is 10.7. The highest BCUT2D eigenvalue weighted by molar-refractivity contribution is 6.76. The average Bonchev–Trinajstić information content (AvgIpc) is 1.62. The average molecular weight is 176 g/mol. The van der Waals surface area contributed by atoms with Gasteiger partial charge >= 0.3 is 0 Å². The van der Waals surface area contributed by atoms with Gasteiger partial charge in [-0.15, -0.1) is 0 Å². The van der Waals surface area contributed by atoms with Gasteiger partial charge in [-0.2, -0.15) is 5.84 Å². The highest BCUT2D eigenvalue weighted by atomic mass is 35.6. The molecule has 0 aromatic carbocycles. The van der Waals surface area contributed by atoms with Gasteiger partial charge in [-0.25, -0.2) is 0 Å². The number of nitrogens with one attached hydrogen (secondary N) is 2. The summed E-state index contributed by atoms with van der Waals surface area (Å²) in [6, 6.07) is 0.